The number of aryl methyl sites for hydroxylation is 1. The lowest BCUT2D eigenvalue weighted by molar-refractivity contribution is -0.124. The fourth-order valence-corrected chi connectivity index (χ4v) is 3.17. The van der Waals surface area contributed by atoms with E-state index < -0.39 is 5.91 Å². The summed E-state index contributed by atoms with van der Waals surface area (Å²) in [6.07, 6.45) is 8.69. The Morgan fingerprint density at radius 3 is 2.64 bits per heavy atom. The zero-order valence-corrected chi connectivity index (χ0v) is 16.3. The number of aromatic nitrogens is 1. The van der Waals surface area contributed by atoms with Crippen LogP contribution in [0.5, 0.6) is 0 Å². The molecule has 2 aromatic rings. The van der Waals surface area contributed by atoms with E-state index in [1.165, 1.54) is 22.9 Å². The lowest BCUT2D eigenvalue weighted by Crippen LogP contribution is -2.28. The Kier molecular flexibility index (Phi) is 8.68. The number of hydrogen-bond acceptors (Lipinski definition) is 4. The molecule has 0 saturated heterocycles. The average Bonchev–Trinajstić information content (AvgIpc) is 3.13. The molecule has 1 heterocycles. The fourth-order valence-electron chi connectivity index (χ4n) is 3.17. The summed E-state index contributed by atoms with van der Waals surface area (Å²) in [7, 11) is 0. The molecular formula is C22H29N3O3. The first kappa shape index (κ1) is 21.6. The maximum absolute atomic E-state index is 11.0. The minimum atomic E-state index is -0.562. The summed E-state index contributed by atoms with van der Waals surface area (Å²) in [6, 6.07) is 7.84. The van der Waals surface area contributed by atoms with Crippen molar-refractivity contribution in [2.75, 3.05) is 19.7 Å². The summed E-state index contributed by atoms with van der Waals surface area (Å²) in [5.41, 5.74) is 7.21. The molecule has 1 amide bonds. The molecule has 0 bridgehead atoms. The molecule has 0 aliphatic carbocycles. The smallest absolute Gasteiger partial charge is 0.267 e. The maximum Gasteiger partial charge on any atom is 0.267 e. The van der Waals surface area contributed by atoms with Crippen molar-refractivity contribution in [2.24, 2.45) is 0 Å². The molecular weight excluding hydrogens is 354 g/mol. The van der Waals surface area contributed by atoms with E-state index >= 15 is 0 Å². The molecule has 0 saturated carbocycles. The predicted molar refractivity (Wildman–Crippen MR) is 112 cm³/mol. The van der Waals surface area contributed by atoms with Crippen LogP contribution in [0.4, 0.5) is 0 Å². The second-order valence-corrected chi connectivity index (χ2v) is 6.56. The lowest BCUT2D eigenvalue weighted by atomic mass is 10.1. The second kappa shape index (κ2) is 11.2. The molecule has 0 aliphatic rings. The Labute approximate surface area is 166 Å². The number of benzene rings is 1. The number of nitrogens with zero attached hydrogens (tertiary/aromatic N) is 1. The number of aromatic amines is 1. The van der Waals surface area contributed by atoms with Crippen molar-refractivity contribution in [1.29, 1.82) is 0 Å². The summed E-state index contributed by atoms with van der Waals surface area (Å²) in [6.45, 7) is 8.33. The first-order chi connectivity index (χ1) is 13.6. The standard InChI is InChI=1S/C22H29N3O3/c1-3-20-19(15-23-21(20)4-2)11-12-25(13-14-26)16-18-7-5-17(6-8-18)9-10-22(27)24-28/h3,5-10,15,23,26,28H,1,4,11-14,16H2,2H3,(H,24,27)/b10-9+. The number of rotatable bonds is 11. The van der Waals surface area contributed by atoms with Crippen LogP contribution < -0.4 is 5.48 Å². The van der Waals surface area contributed by atoms with Crippen LogP contribution in [0, 0.1) is 0 Å². The predicted octanol–water partition coefficient (Wildman–Crippen LogP) is 2.78. The normalized spacial score (nSPS) is 11.3. The van der Waals surface area contributed by atoms with Gasteiger partial charge in [-0.2, -0.15) is 0 Å². The van der Waals surface area contributed by atoms with Gasteiger partial charge in [-0.05, 0) is 41.2 Å². The van der Waals surface area contributed by atoms with Crippen molar-refractivity contribution in [2.45, 2.75) is 26.3 Å². The molecule has 0 fully saturated rings. The van der Waals surface area contributed by atoms with Crippen molar-refractivity contribution >= 4 is 18.1 Å². The van der Waals surface area contributed by atoms with E-state index in [4.69, 9.17) is 5.21 Å². The van der Waals surface area contributed by atoms with Crippen LogP contribution in [0.3, 0.4) is 0 Å². The van der Waals surface area contributed by atoms with E-state index in [2.05, 4.69) is 29.6 Å². The molecule has 0 aliphatic heterocycles. The van der Waals surface area contributed by atoms with Crippen LogP contribution in [-0.2, 0) is 24.2 Å². The number of carbonyl (C=O) groups is 1. The van der Waals surface area contributed by atoms with Gasteiger partial charge in [0.2, 0.25) is 0 Å². The summed E-state index contributed by atoms with van der Waals surface area (Å²) in [4.78, 5) is 16.6. The van der Waals surface area contributed by atoms with Crippen LogP contribution in [0.2, 0.25) is 0 Å². The van der Waals surface area contributed by atoms with Gasteiger partial charge in [-0.1, -0.05) is 43.8 Å². The number of H-pyrrole nitrogens is 1. The Bertz CT molecular complexity index is 794. The number of aliphatic hydroxyl groups excluding tert-OH is 1. The second-order valence-electron chi connectivity index (χ2n) is 6.56. The molecule has 6 heteroatoms. The van der Waals surface area contributed by atoms with Gasteiger partial charge in [0, 0.05) is 37.6 Å². The van der Waals surface area contributed by atoms with E-state index in [9.17, 15) is 9.90 Å². The van der Waals surface area contributed by atoms with E-state index in [0.29, 0.717) is 6.54 Å². The lowest BCUT2D eigenvalue weighted by Gasteiger charge is -2.21. The zero-order chi connectivity index (χ0) is 20.4. The average molecular weight is 383 g/mol. The van der Waals surface area contributed by atoms with E-state index in [1.54, 1.807) is 11.6 Å². The maximum atomic E-state index is 11.0. The van der Waals surface area contributed by atoms with Gasteiger partial charge < -0.3 is 10.1 Å². The van der Waals surface area contributed by atoms with Crippen molar-refractivity contribution in [3.05, 3.63) is 71.1 Å². The Morgan fingerprint density at radius 1 is 1.29 bits per heavy atom. The van der Waals surface area contributed by atoms with Gasteiger partial charge in [0.1, 0.15) is 0 Å². The highest BCUT2D eigenvalue weighted by atomic mass is 16.5. The van der Waals surface area contributed by atoms with Crippen molar-refractivity contribution in [3.63, 3.8) is 0 Å². The van der Waals surface area contributed by atoms with E-state index in [-0.39, 0.29) is 6.61 Å². The number of hydrogen-bond donors (Lipinski definition) is 4. The summed E-state index contributed by atoms with van der Waals surface area (Å²) < 4.78 is 0. The van der Waals surface area contributed by atoms with Gasteiger partial charge in [0.25, 0.3) is 5.91 Å². The fraction of sp³-hybridized carbons (Fsp3) is 0.318. The molecule has 2 rings (SSSR count). The number of carbonyl (C=O) groups excluding carboxylic acids is 1. The highest BCUT2D eigenvalue weighted by Gasteiger charge is 2.10. The largest absolute Gasteiger partial charge is 0.395 e. The van der Waals surface area contributed by atoms with Gasteiger partial charge in [-0.25, -0.2) is 5.48 Å². The third-order valence-electron chi connectivity index (χ3n) is 4.69. The molecule has 6 nitrogen and oxygen atoms in total. The summed E-state index contributed by atoms with van der Waals surface area (Å²) in [5, 5.41) is 17.9. The van der Waals surface area contributed by atoms with Crippen LogP contribution in [0.15, 0.2) is 43.1 Å². The topological polar surface area (TPSA) is 88.6 Å². The van der Waals surface area contributed by atoms with E-state index in [0.717, 1.165) is 37.1 Å². The van der Waals surface area contributed by atoms with Gasteiger partial charge >= 0.3 is 0 Å². The number of amides is 1. The molecule has 0 radical (unpaired) electrons. The summed E-state index contributed by atoms with van der Waals surface area (Å²) >= 11 is 0. The number of nitrogens with one attached hydrogen (secondary N) is 2. The van der Waals surface area contributed by atoms with Crippen molar-refractivity contribution in [3.8, 4) is 0 Å². The Morgan fingerprint density at radius 2 is 2.04 bits per heavy atom. The van der Waals surface area contributed by atoms with Crippen molar-refractivity contribution in [1.82, 2.24) is 15.4 Å². The van der Waals surface area contributed by atoms with Gasteiger partial charge in [0.15, 0.2) is 0 Å². The molecule has 150 valence electrons. The van der Waals surface area contributed by atoms with Crippen molar-refractivity contribution < 1.29 is 15.1 Å². The Hall–Kier alpha value is -2.67. The Balaban J connectivity index is 1.98. The first-order valence-electron chi connectivity index (χ1n) is 9.47. The highest BCUT2D eigenvalue weighted by Crippen LogP contribution is 2.18. The molecule has 0 spiro atoms. The summed E-state index contributed by atoms with van der Waals surface area (Å²) in [5.74, 6) is -0.562. The quantitative estimate of drug-likeness (QED) is 0.273. The molecule has 1 aromatic carbocycles. The molecule has 0 unspecified atom stereocenters. The molecule has 1 aromatic heterocycles. The zero-order valence-electron chi connectivity index (χ0n) is 16.3. The monoisotopic (exact) mass is 383 g/mol. The highest BCUT2D eigenvalue weighted by molar-refractivity contribution is 5.90. The minimum absolute atomic E-state index is 0.110. The van der Waals surface area contributed by atoms with Crippen LogP contribution in [0.25, 0.3) is 12.2 Å². The van der Waals surface area contributed by atoms with Crippen LogP contribution in [0.1, 0.15) is 34.9 Å². The number of aliphatic hydroxyl groups is 1. The van der Waals surface area contributed by atoms with Gasteiger partial charge in [0.05, 0.1) is 6.61 Å². The van der Waals surface area contributed by atoms with E-state index in [1.807, 2.05) is 30.3 Å². The third-order valence-corrected chi connectivity index (χ3v) is 4.69. The first-order valence-corrected chi connectivity index (χ1v) is 9.47. The van der Waals surface area contributed by atoms with Crippen LogP contribution in [-0.4, -0.2) is 45.8 Å². The molecule has 28 heavy (non-hydrogen) atoms. The minimum Gasteiger partial charge on any atom is -0.395 e. The van der Waals surface area contributed by atoms with Crippen LogP contribution >= 0.6 is 0 Å². The van der Waals surface area contributed by atoms with Gasteiger partial charge in [-0.15, -0.1) is 0 Å². The third kappa shape index (κ3) is 6.20. The molecule has 0 atom stereocenters. The SMILES string of the molecule is C=Cc1c(CCN(CCO)Cc2ccc(/C=C/C(=O)NO)cc2)c[nH]c1CC. The molecule has 4 N–H and O–H groups in total. The number of hydroxylamine groups is 1. The van der Waals surface area contributed by atoms with Gasteiger partial charge in [-0.3, -0.25) is 14.9 Å².